The van der Waals surface area contributed by atoms with Crippen molar-refractivity contribution in [3.63, 3.8) is 0 Å². The molecule has 7 amide bonds. The number of benzene rings is 1. The van der Waals surface area contributed by atoms with Gasteiger partial charge in [0.15, 0.2) is 11.5 Å². The highest BCUT2D eigenvalue weighted by Gasteiger charge is 2.45. The number of aromatic nitrogens is 4. The van der Waals surface area contributed by atoms with Gasteiger partial charge in [-0.3, -0.25) is 38.9 Å². The number of nitrogens with one attached hydrogen (secondary N) is 2. The molecule has 0 saturated carbocycles. The van der Waals surface area contributed by atoms with E-state index in [2.05, 4.69) is 35.4 Å². The lowest BCUT2D eigenvalue weighted by molar-refractivity contribution is -0.136. The number of imide groups is 2. The van der Waals surface area contributed by atoms with Crippen molar-refractivity contribution in [2.24, 2.45) is 11.7 Å². The van der Waals surface area contributed by atoms with E-state index >= 15 is 0 Å². The molecular weight excluding hydrogens is 771 g/mol. The van der Waals surface area contributed by atoms with E-state index in [1.54, 1.807) is 29.4 Å². The van der Waals surface area contributed by atoms with Gasteiger partial charge in [0.25, 0.3) is 17.7 Å². The lowest BCUT2D eigenvalue weighted by Crippen LogP contribution is -2.54. The molecule has 0 bridgehead atoms. The maximum atomic E-state index is 13.4. The Morgan fingerprint density at radius 2 is 1.65 bits per heavy atom. The topological polar surface area (TPSA) is 216 Å². The summed E-state index contributed by atoms with van der Waals surface area (Å²) in [5.74, 6) is -1.24. The predicted octanol–water partition coefficient (Wildman–Crippen LogP) is 1.81. The number of rotatable bonds is 10. The number of primary amides is 1. The van der Waals surface area contributed by atoms with Crippen molar-refractivity contribution >= 4 is 58.6 Å². The van der Waals surface area contributed by atoms with Crippen LogP contribution in [0.15, 0.2) is 36.8 Å². The normalized spacial score (nSPS) is 23.5. The third-order valence-corrected chi connectivity index (χ3v) is 13.1. The molecule has 9 rings (SSSR count). The van der Waals surface area contributed by atoms with E-state index < -0.39 is 35.6 Å². The van der Waals surface area contributed by atoms with Crippen LogP contribution < -0.4 is 26.2 Å². The second-order valence-electron chi connectivity index (χ2n) is 16.9. The van der Waals surface area contributed by atoms with Crippen LogP contribution >= 0.6 is 0 Å². The van der Waals surface area contributed by atoms with Crippen molar-refractivity contribution in [3.05, 3.63) is 53.6 Å². The molecule has 4 N–H and O–H groups in total. The fourth-order valence-electron chi connectivity index (χ4n) is 9.72. The number of nitrogens with two attached hydrogens (primary N) is 1. The maximum Gasteiger partial charge on any atom is 0.320 e. The van der Waals surface area contributed by atoms with E-state index in [4.69, 9.17) is 10.7 Å². The first-order valence-corrected chi connectivity index (χ1v) is 21.1. The van der Waals surface area contributed by atoms with E-state index in [1.165, 1.54) is 0 Å². The van der Waals surface area contributed by atoms with E-state index in [0.717, 1.165) is 94.9 Å². The molecule has 0 aliphatic carbocycles. The van der Waals surface area contributed by atoms with Crippen molar-refractivity contribution in [2.45, 2.75) is 69.5 Å². The first kappa shape index (κ1) is 39.4. The SMILES string of the molecule is CN1CCN([C@@H]2CCCN(c3cnc(C(N)=O)c(Nc4cnn(C5CCN(CC6CCN(c7ccc8c(c7)C(=O)N(C7CCC(=O)NC7=O)C8=O)CC6)CC5)c4)n3)C2)C1=O. The third-order valence-electron chi connectivity index (χ3n) is 13.1. The van der Waals surface area contributed by atoms with Crippen LogP contribution in [0.1, 0.15) is 88.6 Å². The molecule has 5 saturated heterocycles. The van der Waals surface area contributed by atoms with Crippen molar-refractivity contribution in [1.29, 1.82) is 0 Å². The van der Waals surface area contributed by atoms with Crippen molar-refractivity contribution in [3.8, 4) is 0 Å². The van der Waals surface area contributed by atoms with Gasteiger partial charge in [-0.2, -0.15) is 5.10 Å². The Kier molecular flexibility index (Phi) is 10.6. The summed E-state index contributed by atoms with van der Waals surface area (Å²) in [6, 6.07) is 4.71. The number of hydrogen-bond acceptors (Lipinski definition) is 13. The number of carbonyl (C=O) groups excluding carboxylic acids is 6. The zero-order valence-corrected chi connectivity index (χ0v) is 33.8. The molecule has 60 heavy (non-hydrogen) atoms. The van der Waals surface area contributed by atoms with Crippen LogP contribution in [0.3, 0.4) is 0 Å². The van der Waals surface area contributed by atoms with Gasteiger partial charge in [-0.1, -0.05) is 0 Å². The van der Waals surface area contributed by atoms with Crippen LogP contribution in [-0.2, 0) is 9.59 Å². The number of likely N-dealkylation sites (N-methyl/N-ethyl adjacent to an activating group) is 1. The Hall–Kier alpha value is -6.11. The Balaban J connectivity index is 0.760. The number of anilines is 4. The van der Waals surface area contributed by atoms with E-state index in [-0.39, 0.29) is 42.5 Å². The van der Waals surface area contributed by atoms with Crippen LogP contribution in [0, 0.1) is 5.92 Å². The minimum Gasteiger partial charge on any atom is -0.371 e. The van der Waals surface area contributed by atoms with Crippen molar-refractivity contribution in [2.75, 3.05) is 81.1 Å². The van der Waals surface area contributed by atoms with Gasteiger partial charge in [0, 0.05) is 84.3 Å². The summed E-state index contributed by atoms with van der Waals surface area (Å²) in [5, 5.41) is 10.2. The molecule has 5 fully saturated rings. The summed E-state index contributed by atoms with van der Waals surface area (Å²) in [6.45, 7) is 7.43. The lowest BCUT2D eigenvalue weighted by Gasteiger charge is -2.38. The van der Waals surface area contributed by atoms with Crippen LogP contribution in [0.25, 0.3) is 0 Å². The molecule has 1 unspecified atom stereocenters. The molecule has 316 valence electrons. The molecule has 19 heteroatoms. The maximum absolute atomic E-state index is 13.4. The summed E-state index contributed by atoms with van der Waals surface area (Å²) in [4.78, 5) is 96.5. The van der Waals surface area contributed by atoms with E-state index in [9.17, 15) is 28.8 Å². The molecule has 2 atom stereocenters. The Morgan fingerprint density at radius 3 is 2.38 bits per heavy atom. The molecule has 19 nitrogen and oxygen atoms in total. The lowest BCUT2D eigenvalue weighted by atomic mass is 9.94. The molecule has 0 radical (unpaired) electrons. The Morgan fingerprint density at radius 1 is 0.867 bits per heavy atom. The zero-order valence-electron chi connectivity index (χ0n) is 33.8. The second kappa shape index (κ2) is 16.2. The van der Waals surface area contributed by atoms with Crippen LogP contribution in [0.2, 0.25) is 0 Å². The minimum absolute atomic E-state index is 0.0489. The van der Waals surface area contributed by atoms with Gasteiger partial charge < -0.3 is 35.6 Å². The zero-order chi connectivity index (χ0) is 41.7. The van der Waals surface area contributed by atoms with Crippen molar-refractivity contribution in [1.82, 2.24) is 44.7 Å². The fourth-order valence-corrected chi connectivity index (χ4v) is 9.72. The number of amides is 7. The highest BCUT2D eigenvalue weighted by molar-refractivity contribution is 6.23. The average Bonchev–Trinajstić information content (AvgIpc) is 3.93. The number of hydrogen-bond donors (Lipinski definition) is 3. The number of nitrogens with zero attached hydrogens (tertiary/aromatic N) is 10. The second-order valence-corrected chi connectivity index (χ2v) is 16.9. The van der Waals surface area contributed by atoms with Gasteiger partial charge in [0.2, 0.25) is 11.8 Å². The van der Waals surface area contributed by atoms with Gasteiger partial charge in [-0.15, -0.1) is 0 Å². The standard InChI is InChI=1S/C41H51N13O6/c1-48-17-18-52(41(48)60)29-3-2-12-51(24-29)33-21-43-35(36(42)56)37(46-33)45-26-20-44-53(23-26)27-10-13-49(14-11-27)22-25-8-15-50(16-9-25)28-4-5-30-31(19-28)40(59)54(39(30)58)32-6-7-34(55)47-38(32)57/h4-5,19-21,23,25,27,29,32H,2-3,6-18,22,24H2,1H3,(H2,42,56)(H,45,46)(H,47,55,57)/t29-,32?/m1/s1. The van der Waals surface area contributed by atoms with Crippen LogP contribution in [0.4, 0.5) is 27.8 Å². The molecule has 8 heterocycles. The van der Waals surface area contributed by atoms with Gasteiger partial charge in [0.1, 0.15) is 11.9 Å². The molecule has 1 aromatic carbocycles. The highest BCUT2D eigenvalue weighted by atomic mass is 16.2. The minimum atomic E-state index is -0.979. The van der Waals surface area contributed by atoms with Gasteiger partial charge in [0.05, 0.1) is 41.3 Å². The Bertz CT molecular complexity index is 2210. The quantitative estimate of drug-likeness (QED) is 0.249. The largest absolute Gasteiger partial charge is 0.371 e. The number of likely N-dealkylation sites (tertiary alicyclic amines) is 1. The molecule has 2 aromatic heterocycles. The van der Waals surface area contributed by atoms with Crippen LogP contribution in [-0.4, -0.2) is 153 Å². The van der Waals surface area contributed by atoms with E-state index in [1.807, 2.05) is 28.9 Å². The molecule has 6 aliphatic heterocycles. The molecule has 6 aliphatic rings. The number of carbonyl (C=O) groups is 6. The Labute approximate surface area is 347 Å². The third kappa shape index (κ3) is 7.61. The summed E-state index contributed by atoms with van der Waals surface area (Å²) in [7, 11) is 1.83. The molecule has 0 spiro atoms. The van der Waals surface area contributed by atoms with Gasteiger partial charge in [-0.25, -0.2) is 14.8 Å². The van der Waals surface area contributed by atoms with Crippen LogP contribution in [0.5, 0.6) is 0 Å². The van der Waals surface area contributed by atoms with Gasteiger partial charge in [-0.05, 0) is 69.1 Å². The summed E-state index contributed by atoms with van der Waals surface area (Å²) >= 11 is 0. The molecule has 3 aromatic rings. The van der Waals surface area contributed by atoms with Gasteiger partial charge >= 0.3 is 6.03 Å². The van der Waals surface area contributed by atoms with E-state index in [0.29, 0.717) is 41.6 Å². The number of urea groups is 1. The highest BCUT2D eigenvalue weighted by Crippen LogP contribution is 2.34. The number of piperidine rings is 4. The fraction of sp³-hybridized carbons (Fsp3) is 0.537. The average molecular weight is 822 g/mol. The smallest absolute Gasteiger partial charge is 0.320 e. The summed E-state index contributed by atoms with van der Waals surface area (Å²) < 4.78 is 1.98. The summed E-state index contributed by atoms with van der Waals surface area (Å²) in [5.41, 5.74) is 7.93. The molecular formula is C41H51N13O6. The predicted molar refractivity (Wildman–Crippen MR) is 219 cm³/mol. The first-order valence-electron chi connectivity index (χ1n) is 21.1. The monoisotopic (exact) mass is 821 g/mol. The number of fused-ring (bicyclic) bond motifs is 1. The summed E-state index contributed by atoms with van der Waals surface area (Å²) in [6.07, 6.45) is 11.2. The first-order chi connectivity index (χ1) is 29.0. The van der Waals surface area contributed by atoms with Crippen molar-refractivity contribution < 1.29 is 28.8 Å².